The van der Waals surface area contributed by atoms with Crippen LogP contribution in [0.2, 0.25) is 0 Å². The summed E-state index contributed by atoms with van der Waals surface area (Å²) in [4.78, 5) is 34.5. The van der Waals surface area contributed by atoms with Gasteiger partial charge >= 0.3 is 5.97 Å². The van der Waals surface area contributed by atoms with Crippen molar-refractivity contribution in [2.45, 2.75) is 83.7 Å². The van der Waals surface area contributed by atoms with E-state index in [0.29, 0.717) is 38.5 Å². The van der Waals surface area contributed by atoms with Gasteiger partial charge in [-0.2, -0.15) is 0 Å². The first-order valence-corrected chi connectivity index (χ1v) is 9.55. The minimum atomic E-state index is -0.800. The van der Waals surface area contributed by atoms with E-state index in [1.54, 1.807) is 0 Å². The molecule has 0 aromatic heterocycles. The van der Waals surface area contributed by atoms with Crippen LogP contribution >= 0.6 is 0 Å². The average Bonchev–Trinajstić information content (AvgIpc) is 2.82. The maximum absolute atomic E-state index is 12.1. The van der Waals surface area contributed by atoms with E-state index < -0.39 is 12.1 Å². The summed E-state index contributed by atoms with van der Waals surface area (Å²) < 4.78 is 0. The maximum atomic E-state index is 12.1. The molecule has 1 aliphatic carbocycles. The smallest absolute Gasteiger partial charge is 0.303 e. The van der Waals surface area contributed by atoms with Crippen LogP contribution in [0.15, 0.2) is 12.2 Å². The number of unbranched alkanes of at least 4 members (excludes halogenated alkanes) is 3. The molecule has 0 radical (unpaired) electrons. The lowest BCUT2D eigenvalue weighted by atomic mass is 9.86. The van der Waals surface area contributed by atoms with E-state index in [1.165, 1.54) is 0 Å². The molecule has 0 amide bonds. The van der Waals surface area contributed by atoms with Crippen LogP contribution in [0.4, 0.5) is 0 Å². The number of rotatable bonds is 13. The van der Waals surface area contributed by atoms with Crippen molar-refractivity contribution in [3.05, 3.63) is 12.2 Å². The van der Waals surface area contributed by atoms with E-state index in [9.17, 15) is 19.5 Å². The predicted molar refractivity (Wildman–Crippen MR) is 96.2 cm³/mol. The van der Waals surface area contributed by atoms with Crippen molar-refractivity contribution in [2.75, 3.05) is 0 Å². The Balaban J connectivity index is 2.39. The lowest BCUT2D eigenvalue weighted by Crippen LogP contribution is -2.21. The van der Waals surface area contributed by atoms with Gasteiger partial charge < -0.3 is 10.2 Å². The fourth-order valence-electron chi connectivity index (χ4n) is 3.47. The molecule has 5 nitrogen and oxygen atoms in total. The van der Waals surface area contributed by atoms with Crippen LogP contribution in [0.1, 0.15) is 77.6 Å². The molecule has 0 spiro atoms. The van der Waals surface area contributed by atoms with Crippen LogP contribution in [0, 0.1) is 11.8 Å². The molecule has 2 N–H and O–H groups in total. The summed E-state index contributed by atoms with van der Waals surface area (Å²) in [5, 5.41) is 18.7. The molecular weight excluding hydrogens is 320 g/mol. The van der Waals surface area contributed by atoms with Crippen molar-refractivity contribution >= 4 is 17.5 Å². The number of carboxylic acids is 1. The highest BCUT2D eigenvalue weighted by Gasteiger charge is 2.40. The van der Waals surface area contributed by atoms with Gasteiger partial charge in [0.15, 0.2) is 0 Å². The van der Waals surface area contributed by atoms with Gasteiger partial charge in [0, 0.05) is 31.6 Å². The summed E-state index contributed by atoms with van der Waals surface area (Å²) >= 11 is 0. The molecule has 1 rings (SSSR count). The Kier molecular flexibility index (Phi) is 10.3. The maximum Gasteiger partial charge on any atom is 0.303 e. The van der Waals surface area contributed by atoms with Crippen molar-refractivity contribution < 1.29 is 24.6 Å². The lowest BCUT2D eigenvalue weighted by Gasteiger charge is -2.19. The lowest BCUT2D eigenvalue weighted by molar-refractivity contribution is -0.137. The van der Waals surface area contributed by atoms with Crippen LogP contribution < -0.4 is 0 Å². The van der Waals surface area contributed by atoms with Crippen molar-refractivity contribution in [1.82, 2.24) is 0 Å². The molecule has 142 valence electrons. The minimum absolute atomic E-state index is 0.0751. The first kappa shape index (κ1) is 21.6. The van der Waals surface area contributed by atoms with Crippen LogP contribution in [0.3, 0.4) is 0 Å². The molecule has 1 fully saturated rings. The molecule has 0 unspecified atom stereocenters. The Morgan fingerprint density at radius 2 is 1.88 bits per heavy atom. The zero-order valence-electron chi connectivity index (χ0n) is 15.3. The molecule has 0 bridgehead atoms. The predicted octanol–water partition coefficient (Wildman–Crippen LogP) is 3.68. The molecule has 5 heteroatoms. The van der Waals surface area contributed by atoms with E-state index in [4.69, 9.17) is 5.11 Å². The second-order valence-electron chi connectivity index (χ2n) is 7.04. The fourth-order valence-corrected chi connectivity index (χ4v) is 3.47. The molecule has 0 aliphatic heterocycles. The molecule has 0 aromatic rings. The Labute approximate surface area is 150 Å². The van der Waals surface area contributed by atoms with Crippen molar-refractivity contribution in [3.63, 3.8) is 0 Å². The number of Topliss-reactive ketones (excluding diaryl/α,β-unsaturated/α-hetero) is 2. The molecule has 1 aliphatic rings. The Morgan fingerprint density at radius 3 is 2.56 bits per heavy atom. The molecule has 0 heterocycles. The van der Waals surface area contributed by atoms with Gasteiger partial charge in [0.2, 0.25) is 0 Å². The molecule has 25 heavy (non-hydrogen) atoms. The summed E-state index contributed by atoms with van der Waals surface area (Å²) in [6, 6.07) is 0. The number of ketones is 2. The van der Waals surface area contributed by atoms with E-state index in [-0.39, 0.29) is 36.2 Å². The summed E-state index contributed by atoms with van der Waals surface area (Å²) in [7, 11) is 0. The number of hydrogen-bond donors (Lipinski definition) is 2. The van der Waals surface area contributed by atoms with Crippen molar-refractivity contribution in [3.8, 4) is 0 Å². The Hall–Kier alpha value is -1.49. The third-order valence-electron chi connectivity index (χ3n) is 4.97. The van der Waals surface area contributed by atoms with Gasteiger partial charge in [-0.1, -0.05) is 31.9 Å². The normalized spacial score (nSPS) is 23.4. The molecule has 3 atom stereocenters. The van der Waals surface area contributed by atoms with Crippen LogP contribution in [0.5, 0.6) is 0 Å². The first-order valence-electron chi connectivity index (χ1n) is 9.55. The fraction of sp³-hybridized carbons (Fsp3) is 0.750. The number of allylic oxidation sites excluding steroid dienone is 2. The summed E-state index contributed by atoms with van der Waals surface area (Å²) in [6.07, 6.45) is 10.0. The SMILES string of the molecule is CCCCCC(=O)CC[C@H]1[C@H](O)CC(=O)[C@@H]1CC=CCCCC(=O)O. The van der Waals surface area contributed by atoms with Gasteiger partial charge in [0.1, 0.15) is 11.6 Å². The zero-order chi connectivity index (χ0) is 18.7. The minimum Gasteiger partial charge on any atom is -0.481 e. The van der Waals surface area contributed by atoms with Crippen LogP contribution in [0.25, 0.3) is 0 Å². The third kappa shape index (κ3) is 8.43. The van der Waals surface area contributed by atoms with E-state index in [2.05, 4.69) is 6.92 Å². The van der Waals surface area contributed by atoms with Gasteiger partial charge in [0.25, 0.3) is 0 Å². The number of hydrogen-bond acceptors (Lipinski definition) is 4. The van der Waals surface area contributed by atoms with E-state index in [0.717, 1.165) is 19.3 Å². The van der Waals surface area contributed by atoms with Gasteiger partial charge in [0.05, 0.1) is 6.10 Å². The second-order valence-corrected chi connectivity index (χ2v) is 7.04. The highest BCUT2D eigenvalue weighted by Crippen LogP contribution is 2.35. The third-order valence-corrected chi connectivity index (χ3v) is 4.97. The number of aliphatic hydroxyl groups is 1. The first-order chi connectivity index (χ1) is 12.0. The largest absolute Gasteiger partial charge is 0.481 e. The molecular formula is C20H32O5. The van der Waals surface area contributed by atoms with Crippen LogP contribution in [-0.4, -0.2) is 33.9 Å². The average molecular weight is 352 g/mol. The standard InChI is InChI=1S/C20H32O5/c1-2-3-6-9-15(21)12-13-17-16(18(22)14-19(17)23)10-7-4-5-8-11-20(24)25/h4,7,16-17,19,23H,2-3,5-6,8-14H2,1H3,(H,24,25)/t16-,17-,19-/m1/s1. The Bertz CT molecular complexity index is 469. The molecule has 0 saturated heterocycles. The number of aliphatic carboxylic acids is 1. The topological polar surface area (TPSA) is 91.7 Å². The van der Waals surface area contributed by atoms with E-state index >= 15 is 0 Å². The number of carbonyl (C=O) groups excluding carboxylic acids is 2. The van der Waals surface area contributed by atoms with Gasteiger partial charge in [-0.15, -0.1) is 0 Å². The van der Waals surface area contributed by atoms with Gasteiger partial charge in [-0.25, -0.2) is 0 Å². The van der Waals surface area contributed by atoms with Crippen molar-refractivity contribution in [2.24, 2.45) is 11.8 Å². The molecule has 1 saturated carbocycles. The Morgan fingerprint density at radius 1 is 1.12 bits per heavy atom. The van der Waals surface area contributed by atoms with Gasteiger partial charge in [-0.3, -0.25) is 14.4 Å². The number of carbonyl (C=O) groups is 3. The number of carboxylic acid groups (broad SMARTS) is 1. The highest BCUT2D eigenvalue weighted by molar-refractivity contribution is 5.84. The van der Waals surface area contributed by atoms with Crippen LogP contribution in [-0.2, 0) is 14.4 Å². The zero-order valence-corrected chi connectivity index (χ0v) is 15.3. The number of aliphatic hydroxyl groups excluding tert-OH is 1. The highest BCUT2D eigenvalue weighted by atomic mass is 16.4. The summed E-state index contributed by atoms with van der Waals surface area (Å²) in [5.41, 5.74) is 0. The summed E-state index contributed by atoms with van der Waals surface area (Å²) in [6.45, 7) is 2.10. The summed E-state index contributed by atoms with van der Waals surface area (Å²) in [5.74, 6) is -0.847. The molecule has 0 aromatic carbocycles. The van der Waals surface area contributed by atoms with E-state index in [1.807, 2.05) is 12.2 Å². The van der Waals surface area contributed by atoms with Crippen molar-refractivity contribution in [1.29, 1.82) is 0 Å². The second kappa shape index (κ2) is 12.0. The quantitative estimate of drug-likeness (QED) is 0.390. The monoisotopic (exact) mass is 352 g/mol. The van der Waals surface area contributed by atoms with Gasteiger partial charge in [-0.05, 0) is 38.0 Å².